The highest BCUT2D eigenvalue weighted by atomic mass is 16.5. The summed E-state index contributed by atoms with van der Waals surface area (Å²) in [5, 5.41) is 2.77. The van der Waals surface area contributed by atoms with Crippen LogP contribution in [0.25, 0.3) is 0 Å². The zero-order valence-corrected chi connectivity index (χ0v) is 14.2. The molecule has 0 bridgehead atoms. The van der Waals surface area contributed by atoms with Gasteiger partial charge in [-0.25, -0.2) is 0 Å². The first-order valence-corrected chi connectivity index (χ1v) is 8.15. The Kier molecular flexibility index (Phi) is 6.02. The average Bonchev–Trinajstić information content (AvgIpc) is 2.56. The van der Waals surface area contributed by atoms with Crippen molar-refractivity contribution in [3.8, 4) is 0 Å². The molecule has 1 amide bonds. The number of nitrogens with one attached hydrogen (secondary N) is 1. The number of rotatable bonds is 6. The second-order valence-electron chi connectivity index (χ2n) is 6.40. The number of nitrogens with zero attached hydrogens (tertiary/aromatic N) is 1. The molecular formula is C18H26N2O3. The smallest absolute Gasteiger partial charge is 0.308 e. The Balaban J connectivity index is 1.97. The number of carbonyl (C=O) groups is 2. The minimum Gasteiger partial charge on any atom is -0.469 e. The molecule has 0 atom stereocenters. The third kappa shape index (κ3) is 4.47. The monoisotopic (exact) mass is 318 g/mol. The van der Waals surface area contributed by atoms with Crippen LogP contribution in [0, 0.1) is 18.8 Å². The zero-order valence-electron chi connectivity index (χ0n) is 14.2. The summed E-state index contributed by atoms with van der Waals surface area (Å²) < 4.78 is 4.84. The van der Waals surface area contributed by atoms with E-state index in [9.17, 15) is 9.59 Å². The van der Waals surface area contributed by atoms with Crippen LogP contribution in [-0.2, 0) is 14.3 Å². The molecule has 0 unspecified atom stereocenters. The summed E-state index contributed by atoms with van der Waals surface area (Å²) >= 11 is 0. The van der Waals surface area contributed by atoms with Crippen molar-refractivity contribution in [1.29, 1.82) is 0 Å². The van der Waals surface area contributed by atoms with Gasteiger partial charge in [-0.05, 0) is 56.2 Å². The fraction of sp³-hybridized carbons (Fsp3) is 0.556. The van der Waals surface area contributed by atoms with Gasteiger partial charge in [0, 0.05) is 13.6 Å². The maximum atomic E-state index is 11.6. The van der Waals surface area contributed by atoms with Crippen molar-refractivity contribution in [2.75, 3.05) is 30.9 Å². The van der Waals surface area contributed by atoms with Crippen molar-refractivity contribution in [2.45, 2.75) is 32.6 Å². The lowest BCUT2D eigenvalue weighted by atomic mass is 9.82. The van der Waals surface area contributed by atoms with Crippen molar-refractivity contribution in [2.24, 2.45) is 11.8 Å². The number of carbonyl (C=O) groups excluding carboxylic acids is 2. The first-order valence-electron chi connectivity index (χ1n) is 8.15. The molecule has 126 valence electrons. The van der Waals surface area contributed by atoms with Crippen LogP contribution in [0.5, 0.6) is 0 Å². The van der Waals surface area contributed by atoms with Crippen LogP contribution in [-0.4, -0.2) is 33.1 Å². The summed E-state index contributed by atoms with van der Waals surface area (Å²) in [5.41, 5.74) is 3.03. The molecule has 1 aromatic rings. The van der Waals surface area contributed by atoms with Gasteiger partial charge in [0.05, 0.1) is 24.4 Å². The summed E-state index contributed by atoms with van der Waals surface area (Å²) in [5.74, 6) is 0.547. The average molecular weight is 318 g/mol. The molecule has 0 aliphatic heterocycles. The first kappa shape index (κ1) is 17.3. The molecule has 1 fully saturated rings. The van der Waals surface area contributed by atoms with Crippen molar-refractivity contribution >= 4 is 23.8 Å². The third-order valence-electron chi connectivity index (χ3n) is 4.69. The number of hydrogen-bond donors (Lipinski definition) is 1. The van der Waals surface area contributed by atoms with Crippen LogP contribution in [0.1, 0.15) is 31.2 Å². The van der Waals surface area contributed by atoms with E-state index >= 15 is 0 Å². The Bertz CT molecular complexity index is 551. The second kappa shape index (κ2) is 7.99. The summed E-state index contributed by atoms with van der Waals surface area (Å²) in [6.45, 7) is 2.97. The van der Waals surface area contributed by atoms with Crippen molar-refractivity contribution in [1.82, 2.24) is 0 Å². The van der Waals surface area contributed by atoms with Gasteiger partial charge >= 0.3 is 5.97 Å². The van der Waals surface area contributed by atoms with Crippen LogP contribution in [0.4, 0.5) is 11.4 Å². The topological polar surface area (TPSA) is 58.6 Å². The Hall–Kier alpha value is -2.04. The normalized spacial score (nSPS) is 20.7. The molecular weight excluding hydrogens is 292 g/mol. The minimum atomic E-state index is -0.0760. The molecule has 0 radical (unpaired) electrons. The van der Waals surface area contributed by atoms with Crippen LogP contribution in [0.15, 0.2) is 18.2 Å². The van der Waals surface area contributed by atoms with Crippen molar-refractivity contribution < 1.29 is 14.3 Å². The van der Waals surface area contributed by atoms with E-state index in [1.54, 1.807) is 0 Å². The summed E-state index contributed by atoms with van der Waals surface area (Å²) in [6, 6.07) is 6.01. The number of ether oxygens (including phenoxy) is 1. The molecule has 1 aliphatic carbocycles. The number of benzene rings is 1. The van der Waals surface area contributed by atoms with Gasteiger partial charge in [0.15, 0.2) is 0 Å². The Morgan fingerprint density at radius 1 is 1.35 bits per heavy atom. The van der Waals surface area contributed by atoms with Crippen LogP contribution in [0.2, 0.25) is 0 Å². The molecule has 0 spiro atoms. The minimum absolute atomic E-state index is 0.0628. The number of methoxy groups -OCH3 is 1. The molecule has 0 saturated heterocycles. The largest absolute Gasteiger partial charge is 0.469 e. The summed E-state index contributed by atoms with van der Waals surface area (Å²) in [4.78, 5) is 24.6. The SMILES string of the molecule is COC(=O)C1CCC(CN(C)c2cc(C)ccc2NC=O)CC1. The first-order chi connectivity index (χ1) is 11.0. The van der Waals surface area contributed by atoms with Crippen LogP contribution >= 0.6 is 0 Å². The van der Waals surface area contributed by atoms with E-state index in [1.807, 2.05) is 19.1 Å². The fourth-order valence-electron chi connectivity index (χ4n) is 3.38. The van der Waals surface area contributed by atoms with E-state index in [-0.39, 0.29) is 11.9 Å². The highest BCUT2D eigenvalue weighted by Gasteiger charge is 2.27. The van der Waals surface area contributed by atoms with Crippen molar-refractivity contribution in [3.63, 3.8) is 0 Å². The van der Waals surface area contributed by atoms with Gasteiger partial charge in [0.25, 0.3) is 0 Å². The van der Waals surface area contributed by atoms with E-state index in [4.69, 9.17) is 4.74 Å². The lowest BCUT2D eigenvalue weighted by molar-refractivity contribution is -0.146. The predicted octanol–water partition coefficient (Wildman–Crippen LogP) is 2.98. The second-order valence-corrected chi connectivity index (χ2v) is 6.40. The molecule has 0 heterocycles. The molecule has 1 aliphatic rings. The van der Waals surface area contributed by atoms with E-state index in [0.29, 0.717) is 12.3 Å². The Morgan fingerprint density at radius 2 is 2.04 bits per heavy atom. The van der Waals surface area contributed by atoms with Gasteiger partial charge < -0.3 is 15.0 Å². The number of aryl methyl sites for hydroxylation is 1. The lowest BCUT2D eigenvalue weighted by Gasteiger charge is -2.32. The Morgan fingerprint density at radius 3 is 2.65 bits per heavy atom. The van der Waals surface area contributed by atoms with E-state index in [2.05, 4.69) is 23.3 Å². The Labute approximate surface area is 138 Å². The number of anilines is 2. The van der Waals surface area contributed by atoms with Gasteiger partial charge in [-0.2, -0.15) is 0 Å². The predicted molar refractivity (Wildman–Crippen MR) is 91.6 cm³/mol. The molecule has 5 heteroatoms. The van der Waals surface area contributed by atoms with E-state index < -0.39 is 0 Å². The number of esters is 1. The van der Waals surface area contributed by atoms with Gasteiger partial charge in [-0.1, -0.05) is 6.07 Å². The third-order valence-corrected chi connectivity index (χ3v) is 4.69. The highest BCUT2D eigenvalue weighted by Crippen LogP contribution is 2.32. The molecule has 1 aromatic carbocycles. The number of hydrogen-bond acceptors (Lipinski definition) is 4. The molecule has 5 nitrogen and oxygen atoms in total. The molecule has 1 saturated carbocycles. The quantitative estimate of drug-likeness (QED) is 0.647. The zero-order chi connectivity index (χ0) is 16.8. The standard InChI is InChI=1S/C18H26N2O3/c1-13-4-9-16(19-12-21)17(10-13)20(2)11-14-5-7-15(8-6-14)18(22)23-3/h4,9-10,12,14-15H,5-8,11H2,1-3H3,(H,19,21). The molecule has 1 N–H and O–H groups in total. The molecule has 0 aromatic heterocycles. The fourth-order valence-corrected chi connectivity index (χ4v) is 3.38. The van der Waals surface area contributed by atoms with Gasteiger partial charge in [0.2, 0.25) is 6.41 Å². The maximum Gasteiger partial charge on any atom is 0.308 e. The van der Waals surface area contributed by atoms with E-state index in [1.165, 1.54) is 7.11 Å². The van der Waals surface area contributed by atoms with Crippen LogP contribution < -0.4 is 10.2 Å². The summed E-state index contributed by atoms with van der Waals surface area (Å²) in [7, 11) is 3.51. The van der Waals surface area contributed by atoms with Gasteiger partial charge in [-0.3, -0.25) is 9.59 Å². The number of amides is 1. The van der Waals surface area contributed by atoms with Gasteiger partial charge in [0.1, 0.15) is 0 Å². The highest BCUT2D eigenvalue weighted by molar-refractivity contribution is 5.81. The molecule has 23 heavy (non-hydrogen) atoms. The molecule has 2 rings (SSSR count). The summed E-state index contributed by atoms with van der Waals surface area (Å²) in [6.07, 6.45) is 4.58. The van der Waals surface area contributed by atoms with Crippen molar-refractivity contribution in [3.05, 3.63) is 23.8 Å². The van der Waals surface area contributed by atoms with Gasteiger partial charge in [-0.15, -0.1) is 0 Å². The van der Waals surface area contributed by atoms with Crippen LogP contribution in [0.3, 0.4) is 0 Å². The van der Waals surface area contributed by atoms with E-state index in [0.717, 1.165) is 49.2 Å². The maximum absolute atomic E-state index is 11.6. The lowest BCUT2D eigenvalue weighted by Crippen LogP contribution is -2.31.